The number of nitrogens with zero attached hydrogens (tertiary/aromatic N) is 2. The summed E-state index contributed by atoms with van der Waals surface area (Å²) in [6, 6.07) is 5.67. The topological polar surface area (TPSA) is 75.1 Å². The zero-order valence-electron chi connectivity index (χ0n) is 12.9. The highest BCUT2D eigenvalue weighted by atomic mass is 32.1. The Labute approximate surface area is 134 Å². The van der Waals surface area contributed by atoms with E-state index >= 15 is 0 Å². The monoisotopic (exact) mass is 319 g/mol. The van der Waals surface area contributed by atoms with Gasteiger partial charge in [0, 0.05) is 23.7 Å². The van der Waals surface area contributed by atoms with Gasteiger partial charge >= 0.3 is 0 Å². The Morgan fingerprint density at radius 2 is 2.27 bits per heavy atom. The molecule has 0 radical (unpaired) electrons. The molecule has 2 N–H and O–H groups in total. The van der Waals surface area contributed by atoms with E-state index in [2.05, 4.69) is 15.3 Å². The third kappa shape index (κ3) is 4.35. The molecule has 0 aromatic carbocycles. The van der Waals surface area contributed by atoms with Crippen LogP contribution in [0.4, 0.5) is 0 Å². The summed E-state index contributed by atoms with van der Waals surface area (Å²) in [5.74, 6) is -0.0735. The van der Waals surface area contributed by atoms with Crippen LogP contribution in [0.15, 0.2) is 29.8 Å². The van der Waals surface area contributed by atoms with E-state index in [-0.39, 0.29) is 24.5 Å². The van der Waals surface area contributed by atoms with E-state index in [9.17, 15) is 4.79 Å². The molecule has 0 saturated carbocycles. The lowest BCUT2D eigenvalue weighted by Crippen LogP contribution is -2.46. The van der Waals surface area contributed by atoms with Crippen LogP contribution in [0.3, 0.4) is 0 Å². The van der Waals surface area contributed by atoms with Crippen LogP contribution in [0.2, 0.25) is 0 Å². The van der Waals surface area contributed by atoms with Crippen molar-refractivity contribution in [3.05, 3.63) is 35.5 Å². The third-order valence-electron chi connectivity index (χ3n) is 3.66. The number of hydrogen-bond acceptors (Lipinski definition) is 5. The van der Waals surface area contributed by atoms with Gasteiger partial charge in [0.05, 0.1) is 17.8 Å². The van der Waals surface area contributed by atoms with Crippen molar-refractivity contribution >= 4 is 17.2 Å². The molecular formula is C16H21N3O2S. The summed E-state index contributed by atoms with van der Waals surface area (Å²) < 4.78 is 0. The minimum atomic E-state index is -0.369. The van der Waals surface area contributed by atoms with E-state index in [0.717, 1.165) is 22.8 Å². The lowest BCUT2D eigenvalue weighted by atomic mass is 9.94. The van der Waals surface area contributed by atoms with Crippen molar-refractivity contribution in [1.82, 2.24) is 15.3 Å². The van der Waals surface area contributed by atoms with E-state index < -0.39 is 0 Å². The van der Waals surface area contributed by atoms with Crippen molar-refractivity contribution in [3.63, 3.8) is 0 Å². The molecule has 2 rings (SSSR count). The number of carbonyl (C=O) groups excluding carboxylic acids is 1. The quantitative estimate of drug-likeness (QED) is 0.822. The number of pyridine rings is 1. The van der Waals surface area contributed by atoms with Crippen LogP contribution < -0.4 is 5.32 Å². The minimum absolute atomic E-state index is 0.0607. The summed E-state index contributed by atoms with van der Waals surface area (Å²) in [6.07, 6.45) is 3.29. The molecule has 2 aromatic heterocycles. The molecule has 0 spiro atoms. The number of amides is 1. The van der Waals surface area contributed by atoms with Gasteiger partial charge in [-0.1, -0.05) is 13.0 Å². The Morgan fingerprint density at radius 3 is 2.91 bits per heavy atom. The maximum absolute atomic E-state index is 12.2. The predicted octanol–water partition coefficient (Wildman–Crippen LogP) is 2.41. The van der Waals surface area contributed by atoms with Crippen molar-refractivity contribution in [2.45, 2.75) is 38.6 Å². The van der Waals surface area contributed by atoms with Gasteiger partial charge in [0.25, 0.3) is 0 Å². The summed E-state index contributed by atoms with van der Waals surface area (Å²) in [7, 11) is 0. The third-order valence-corrected chi connectivity index (χ3v) is 4.58. The van der Waals surface area contributed by atoms with Crippen LogP contribution in [0.25, 0.3) is 10.7 Å². The molecule has 0 saturated heterocycles. The number of nitrogens with one attached hydrogen (secondary N) is 1. The molecule has 2 aromatic rings. The molecule has 0 aliphatic rings. The smallest absolute Gasteiger partial charge is 0.226 e. The number of thiazole rings is 1. The normalized spacial score (nSPS) is 13.6. The van der Waals surface area contributed by atoms with E-state index in [1.165, 1.54) is 11.3 Å². The van der Waals surface area contributed by atoms with Crippen molar-refractivity contribution in [2.24, 2.45) is 0 Å². The SMILES string of the molecule is CCC(C)(CCO)NC(=O)Cc1csc(-c2ccccn2)n1. The van der Waals surface area contributed by atoms with Crippen LogP contribution in [0.1, 0.15) is 32.4 Å². The van der Waals surface area contributed by atoms with Crippen LogP contribution in [-0.2, 0) is 11.2 Å². The molecule has 0 aliphatic carbocycles. The second-order valence-corrected chi connectivity index (χ2v) is 6.33. The summed E-state index contributed by atoms with van der Waals surface area (Å²) in [5, 5.41) is 14.8. The van der Waals surface area contributed by atoms with Crippen LogP contribution in [-0.4, -0.2) is 33.1 Å². The second kappa shape index (κ2) is 7.47. The Kier molecular flexibility index (Phi) is 5.63. The van der Waals surface area contributed by atoms with E-state index in [4.69, 9.17) is 5.11 Å². The second-order valence-electron chi connectivity index (χ2n) is 5.47. The van der Waals surface area contributed by atoms with Crippen molar-refractivity contribution in [2.75, 3.05) is 6.61 Å². The Hall–Kier alpha value is -1.79. The highest BCUT2D eigenvalue weighted by Crippen LogP contribution is 2.22. The van der Waals surface area contributed by atoms with Crippen LogP contribution in [0.5, 0.6) is 0 Å². The van der Waals surface area contributed by atoms with Gasteiger partial charge < -0.3 is 10.4 Å². The number of aliphatic hydroxyl groups excluding tert-OH is 1. The number of aromatic nitrogens is 2. The van der Waals surface area contributed by atoms with E-state index in [1.54, 1.807) is 6.20 Å². The fourth-order valence-electron chi connectivity index (χ4n) is 2.11. The van der Waals surface area contributed by atoms with Gasteiger partial charge in [0.2, 0.25) is 5.91 Å². The highest BCUT2D eigenvalue weighted by Gasteiger charge is 2.24. The summed E-state index contributed by atoms with van der Waals surface area (Å²) >= 11 is 1.49. The molecule has 5 nitrogen and oxygen atoms in total. The van der Waals surface area contributed by atoms with E-state index in [1.807, 2.05) is 37.4 Å². The first kappa shape index (κ1) is 16.6. The Bertz CT molecular complexity index is 615. The molecule has 0 bridgehead atoms. The zero-order valence-corrected chi connectivity index (χ0v) is 13.7. The van der Waals surface area contributed by atoms with Crippen molar-refractivity contribution in [3.8, 4) is 10.7 Å². The molecular weight excluding hydrogens is 298 g/mol. The number of rotatable bonds is 7. The molecule has 6 heteroatoms. The lowest BCUT2D eigenvalue weighted by Gasteiger charge is -2.28. The maximum Gasteiger partial charge on any atom is 0.226 e. The summed E-state index contributed by atoms with van der Waals surface area (Å²) in [4.78, 5) is 20.9. The molecule has 22 heavy (non-hydrogen) atoms. The summed E-state index contributed by atoms with van der Waals surface area (Å²) in [5.41, 5.74) is 1.19. The molecule has 1 atom stereocenters. The molecule has 118 valence electrons. The number of aliphatic hydroxyl groups is 1. The van der Waals surface area contributed by atoms with Gasteiger partial charge in [0.1, 0.15) is 5.01 Å². The average molecular weight is 319 g/mol. The average Bonchev–Trinajstić information content (AvgIpc) is 2.96. The predicted molar refractivity (Wildman–Crippen MR) is 87.6 cm³/mol. The number of hydrogen-bond donors (Lipinski definition) is 2. The molecule has 2 heterocycles. The zero-order chi connectivity index (χ0) is 16.0. The van der Waals surface area contributed by atoms with Gasteiger partial charge in [-0.2, -0.15) is 0 Å². The first-order chi connectivity index (χ1) is 10.6. The minimum Gasteiger partial charge on any atom is -0.396 e. The van der Waals surface area contributed by atoms with E-state index in [0.29, 0.717) is 6.42 Å². The van der Waals surface area contributed by atoms with Crippen LogP contribution >= 0.6 is 11.3 Å². The largest absolute Gasteiger partial charge is 0.396 e. The van der Waals surface area contributed by atoms with Gasteiger partial charge in [-0.05, 0) is 31.9 Å². The Morgan fingerprint density at radius 1 is 1.45 bits per heavy atom. The molecule has 0 fully saturated rings. The molecule has 1 amide bonds. The Balaban J connectivity index is 1.99. The standard InChI is InChI=1S/C16H21N3O2S/c1-3-16(2,7-9-20)19-14(21)10-12-11-22-15(18-12)13-6-4-5-8-17-13/h4-6,8,11,20H,3,7,9-10H2,1-2H3,(H,19,21). The fourth-order valence-corrected chi connectivity index (χ4v) is 2.91. The first-order valence-electron chi connectivity index (χ1n) is 7.34. The van der Waals surface area contributed by atoms with Gasteiger partial charge in [0.15, 0.2) is 0 Å². The van der Waals surface area contributed by atoms with Crippen LogP contribution in [0, 0.1) is 0 Å². The molecule has 0 aliphatic heterocycles. The van der Waals surface area contributed by atoms with Gasteiger partial charge in [-0.25, -0.2) is 4.98 Å². The van der Waals surface area contributed by atoms with Gasteiger partial charge in [-0.3, -0.25) is 9.78 Å². The van der Waals surface area contributed by atoms with Gasteiger partial charge in [-0.15, -0.1) is 11.3 Å². The summed E-state index contributed by atoms with van der Waals surface area (Å²) in [6.45, 7) is 4.00. The fraction of sp³-hybridized carbons (Fsp3) is 0.438. The number of carbonyl (C=O) groups is 1. The van der Waals surface area contributed by atoms with Crippen molar-refractivity contribution in [1.29, 1.82) is 0 Å². The molecule has 1 unspecified atom stereocenters. The lowest BCUT2D eigenvalue weighted by molar-refractivity contribution is -0.122. The first-order valence-corrected chi connectivity index (χ1v) is 8.22. The van der Waals surface area contributed by atoms with Crippen molar-refractivity contribution < 1.29 is 9.90 Å². The maximum atomic E-state index is 12.2. The highest BCUT2D eigenvalue weighted by molar-refractivity contribution is 7.13.